The Morgan fingerprint density at radius 3 is 2.84 bits per heavy atom. The van der Waals surface area contributed by atoms with Gasteiger partial charge in [-0.25, -0.2) is 0 Å². The Labute approximate surface area is 118 Å². The maximum atomic E-state index is 3.61. The molecular weight excluding hydrogens is 232 g/mol. The minimum Gasteiger partial charge on any atom is -0.383 e. The molecular formula is C17H28N2. The molecule has 1 heterocycles. The summed E-state index contributed by atoms with van der Waals surface area (Å²) in [6.07, 6.45) is 5.02. The van der Waals surface area contributed by atoms with Crippen molar-refractivity contribution in [2.45, 2.75) is 58.5 Å². The molecule has 1 N–H and O–H groups in total. The molecule has 19 heavy (non-hydrogen) atoms. The largest absolute Gasteiger partial charge is 0.383 e. The zero-order chi connectivity index (χ0) is 13.7. The van der Waals surface area contributed by atoms with Crippen LogP contribution in [0.5, 0.6) is 0 Å². The smallest absolute Gasteiger partial charge is 0.0373 e. The van der Waals surface area contributed by atoms with Crippen LogP contribution in [0, 0.1) is 0 Å². The van der Waals surface area contributed by atoms with Crippen LogP contribution in [0.25, 0.3) is 0 Å². The fourth-order valence-corrected chi connectivity index (χ4v) is 3.00. The second-order valence-electron chi connectivity index (χ2n) is 5.74. The van der Waals surface area contributed by atoms with Gasteiger partial charge in [-0.1, -0.05) is 38.5 Å². The van der Waals surface area contributed by atoms with Crippen LogP contribution in [-0.2, 0) is 6.42 Å². The molecule has 0 aliphatic carbocycles. The second-order valence-corrected chi connectivity index (χ2v) is 5.74. The van der Waals surface area contributed by atoms with Crippen LogP contribution >= 0.6 is 0 Å². The lowest BCUT2D eigenvalue weighted by molar-refractivity contribution is 0.140. The fourth-order valence-electron chi connectivity index (χ4n) is 3.00. The Morgan fingerprint density at radius 2 is 2.11 bits per heavy atom. The maximum absolute atomic E-state index is 3.61. The standard InChI is InChI=1S/C17H28N2/c1-4-6-11-19(14(3)5-2)16-12-15-9-7-8-10-17(15)18-13-16/h7-10,14,16,18H,4-6,11-13H2,1-3H3. The van der Waals surface area contributed by atoms with E-state index in [0.29, 0.717) is 12.1 Å². The molecule has 106 valence electrons. The first kappa shape index (κ1) is 14.4. The third-order valence-electron chi connectivity index (χ3n) is 4.40. The minimum absolute atomic E-state index is 0.649. The molecule has 2 nitrogen and oxygen atoms in total. The maximum Gasteiger partial charge on any atom is 0.0373 e. The van der Waals surface area contributed by atoms with Crippen LogP contribution in [0.3, 0.4) is 0 Å². The minimum atomic E-state index is 0.649. The zero-order valence-corrected chi connectivity index (χ0v) is 12.7. The molecule has 1 aliphatic rings. The number of nitrogens with one attached hydrogen (secondary N) is 1. The fraction of sp³-hybridized carbons (Fsp3) is 0.647. The van der Waals surface area contributed by atoms with Gasteiger partial charge in [0.05, 0.1) is 0 Å². The highest BCUT2D eigenvalue weighted by Gasteiger charge is 2.26. The van der Waals surface area contributed by atoms with Crippen molar-refractivity contribution in [3.05, 3.63) is 29.8 Å². The number of unbranched alkanes of at least 4 members (excludes halogenated alkanes) is 1. The van der Waals surface area contributed by atoms with Crippen molar-refractivity contribution < 1.29 is 0 Å². The van der Waals surface area contributed by atoms with Crippen LogP contribution in [0.2, 0.25) is 0 Å². The van der Waals surface area contributed by atoms with Gasteiger partial charge in [0.15, 0.2) is 0 Å². The molecule has 2 atom stereocenters. The lowest BCUT2D eigenvalue weighted by Gasteiger charge is -2.39. The molecule has 0 aromatic heterocycles. The van der Waals surface area contributed by atoms with Gasteiger partial charge in [0.1, 0.15) is 0 Å². The summed E-state index contributed by atoms with van der Waals surface area (Å²) < 4.78 is 0. The summed E-state index contributed by atoms with van der Waals surface area (Å²) in [5.41, 5.74) is 2.81. The summed E-state index contributed by atoms with van der Waals surface area (Å²) >= 11 is 0. The lowest BCUT2D eigenvalue weighted by Crippen LogP contribution is -2.48. The second kappa shape index (κ2) is 6.95. The Bertz CT molecular complexity index is 389. The predicted molar refractivity (Wildman–Crippen MR) is 83.8 cm³/mol. The Morgan fingerprint density at radius 1 is 1.32 bits per heavy atom. The third kappa shape index (κ3) is 3.50. The molecule has 1 aromatic rings. The van der Waals surface area contributed by atoms with Crippen LogP contribution in [0.1, 0.15) is 45.6 Å². The van der Waals surface area contributed by atoms with Crippen molar-refractivity contribution in [1.29, 1.82) is 0 Å². The molecule has 1 aliphatic heterocycles. The van der Waals surface area contributed by atoms with E-state index in [1.54, 1.807) is 0 Å². The molecule has 0 amide bonds. The van der Waals surface area contributed by atoms with E-state index in [0.717, 1.165) is 6.54 Å². The number of hydrogen-bond acceptors (Lipinski definition) is 2. The van der Waals surface area contributed by atoms with Crippen LogP contribution in [-0.4, -0.2) is 30.1 Å². The summed E-state index contributed by atoms with van der Waals surface area (Å²) in [5.74, 6) is 0. The highest BCUT2D eigenvalue weighted by atomic mass is 15.2. The molecule has 0 radical (unpaired) electrons. The van der Waals surface area contributed by atoms with E-state index in [1.165, 1.54) is 43.5 Å². The predicted octanol–water partition coefficient (Wildman–Crippen LogP) is 3.92. The van der Waals surface area contributed by atoms with Gasteiger partial charge in [0.2, 0.25) is 0 Å². The molecule has 0 saturated carbocycles. The van der Waals surface area contributed by atoms with E-state index in [1.807, 2.05) is 0 Å². The quantitative estimate of drug-likeness (QED) is 0.834. The van der Waals surface area contributed by atoms with Crippen molar-refractivity contribution in [2.24, 2.45) is 0 Å². The summed E-state index contributed by atoms with van der Waals surface area (Å²) in [5, 5.41) is 3.61. The molecule has 2 unspecified atom stereocenters. The van der Waals surface area contributed by atoms with E-state index in [2.05, 4.69) is 55.3 Å². The van der Waals surface area contributed by atoms with Crippen LogP contribution in [0.15, 0.2) is 24.3 Å². The van der Waals surface area contributed by atoms with E-state index in [4.69, 9.17) is 0 Å². The first-order valence-electron chi connectivity index (χ1n) is 7.83. The number of para-hydroxylation sites is 1. The molecule has 1 aromatic carbocycles. The van der Waals surface area contributed by atoms with Gasteiger partial charge in [-0.05, 0) is 44.4 Å². The molecule has 2 heteroatoms. The monoisotopic (exact) mass is 260 g/mol. The lowest BCUT2D eigenvalue weighted by atomic mass is 9.97. The third-order valence-corrected chi connectivity index (χ3v) is 4.40. The Hall–Kier alpha value is -1.02. The van der Waals surface area contributed by atoms with Crippen molar-refractivity contribution in [2.75, 3.05) is 18.4 Å². The van der Waals surface area contributed by atoms with Crippen molar-refractivity contribution in [3.63, 3.8) is 0 Å². The van der Waals surface area contributed by atoms with E-state index in [-0.39, 0.29) is 0 Å². The van der Waals surface area contributed by atoms with E-state index < -0.39 is 0 Å². The van der Waals surface area contributed by atoms with Crippen molar-refractivity contribution in [3.8, 4) is 0 Å². The van der Waals surface area contributed by atoms with Crippen molar-refractivity contribution >= 4 is 5.69 Å². The topological polar surface area (TPSA) is 15.3 Å². The molecule has 0 bridgehead atoms. The average Bonchev–Trinajstić information content (AvgIpc) is 2.47. The van der Waals surface area contributed by atoms with Gasteiger partial charge in [-0.3, -0.25) is 4.90 Å². The van der Waals surface area contributed by atoms with Gasteiger partial charge in [0, 0.05) is 24.3 Å². The van der Waals surface area contributed by atoms with E-state index in [9.17, 15) is 0 Å². The van der Waals surface area contributed by atoms with Gasteiger partial charge in [-0.15, -0.1) is 0 Å². The molecule has 0 spiro atoms. The highest BCUT2D eigenvalue weighted by Crippen LogP contribution is 2.25. The Balaban J connectivity index is 2.07. The number of anilines is 1. The first-order chi connectivity index (χ1) is 9.26. The summed E-state index contributed by atoms with van der Waals surface area (Å²) in [7, 11) is 0. The summed E-state index contributed by atoms with van der Waals surface area (Å²) in [6.45, 7) is 9.28. The van der Waals surface area contributed by atoms with Gasteiger partial charge >= 0.3 is 0 Å². The van der Waals surface area contributed by atoms with Crippen LogP contribution < -0.4 is 5.32 Å². The first-order valence-corrected chi connectivity index (χ1v) is 7.83. The number of rotatable bonds is 6. The molecule has 0 fully saturated rings. The Kier molecular flexibility index (Phi) is 5.26. The van der Waals surface area contributed by atoms with Crippen LogP contribution in [0.4, 0.5) is 5.69 Å². The molecule has 2 rings (SSSR count). The van der Waals surface area contributed by atoms with Gasteiger partial charge < -0.3 is 5.32 Å². The summed E-state index contributed by atoms with van der Waals surface area (Å²) in [4.78, 5) is 2.71. The highest BCUT2D eigenvalue weighted by molar-refractivity contribution is 5.53. The number of fused-ring (bicyclic) bond motifs is 1. The summed E-state index contributed by atoms with van der Waals surface area (Å²) in [6, 6.07) is 10.1. The van der Waals surface area contributed by atoms with Gasteiger partial charge in [0.25, 0.3) is 0 Å². The molecule has 0 saturated heterocycles. The normalized spacial score (nSPS) is 19.9. The van der Waals surface area contributed by atoms with E-state index >= 15 is 0 Å². The van der Waals surface area contributed by atoms with Gasteiger partial charge in [-0.2, -0.15) is 0 Å². The number of hydrogen-bond donors (Lipinski definition) is 1. The number of benzene rings is 1. The van der Waals surface area contributed by atoms with Crippen molar-refractivity contribution in [1.82, 2.24) is 4.90 Å². The number of nitrogens with zero attached hydrogens (tertiary/aromatic N) is 1. The SMILES string of the molecule is CCCCN(C(C)CC)C1CNc2ccccc2C1. The average molecular weight is 260 g/mol. The zero-order valence-electron chi connectivity index (χ0n) is 12.7.